The second-order valence-electron chi connectivity index (χ2n) is 16.9. The van der Waals surface area contributed by atoms with E-state index < -0.39 is 16.1 Å². The van der Waals surface area contributed by atoms with Gasteiger partial charge in [0.25, 0.3) is 0 Å². The van der Waals surface area contributed by atoms with Crippen LogP contribution in [0.25, 0.3) is 54.1 Å². The fraction of sp³-hybridized carbons (Fsp3) is 0.435. The lowest BCUT2D eigenvalue weighted by molar-refractivity contribution is 0.838. The van der Waals surface area contributed by atoms with Gasteiger partial charge in [0.15, 0.2) is 0 Å². The summed E-state index contributed by atoms with van der Waals surface area (Å²) in [4.78, 5) is 0. The second kappa shape index (κ2) is 13.1. The van der Waals surface area contributed by atoms with Crippen molar-refractivity contribution in [2.24, 2.45) is 14.1 Å². The number of nitrogens with zero attached hydrogens (tertiary/aromatic N) is 2. The highest BCUT2D eigenvalue weighted by Crippen LogP contribution is 2.43. The number of aromatic nitrogens is 2. The van der Waals surface area contributed by atoms with E-state index in [9.17, 15) is 0 Å². The SMILES string of the molecule is CC(C)[Si](C#Cc1cc2c3ccc4c(ccc5c4ccc4c5cc(C#C[Si](C(C)C)(C(C)C)C(C)C)n4C)c3ccc2n1C)(C(C)C)C(C)C. The standard InChI is InChI=1S/C46H58N2Si2/c1-29(2)49(30(3)4,31(5)6)25-23-35-27-43-41-17-15-38-37(39(41)19-21-45(43)47(35)13)16-18-42-40(38)20-22-46-44(42)28-36(48(46)14)24-26-50(32(7)8,33(9)10)34(11)12/h15-22,27-34H,1-14H3. The lowest BCUT2D eigenvalue weighted by Crippen LogP contribution is -2.43. The van der Waals surface area contributed by atoms with E-state index in [4.69, 9.17) is 0 Å². The van der Waals surface area contributed by atoms with E-state index in [0.717, 1.165) is 11.4 Å². The zero-order valence-electron chi connectivity index (χ0n) is 33.1. The van der Waals surface area contributed by atoms with Crippen LogP contribution in [0, 0.1) is 22.9 Å². The molecule has 6 aromatic rings. The summed E-state index contributed by atoms with van der Waals surface area (Å²) in [7, 11) is 0.696. The normalized spacial score (nSPS) is 13.0. The Morgan fingerprint density at radius 2 is 0.620 bits per heavy atom. The van der Waals surface area contributed by atoms with Gasteiger partial charge in [0.05, 0.1) is 11.4 Å². The molecular weight excluding hydrogens is 637 g/mol. The molecule has 0 saturated heterocycles. The van der Waals surface area contributed by atoms with Gasteiger partial charge in [-0.3, -0.25) is 0 Å². The van der Waals surface area contributed by atoms with Gasteiger partial charge in [-0.15, -0.1) is 11.1 Å². The maximum Gasteiger partial charge on any atom is 0.146 e. The number of hydrogen-bond donors (Lipinski definition) is 0. The van der Waals surface area contributed by atoms with Crippen LogP contribution in [0.2, 0.25) is 33.2 Å². The van der Waals surface area contributed by atoms with Crippen LogP contribution in [-0.2, 0) is 14.1 Å². The molecule has 260 valence electrons. The molecule has 0 spiro atoms. The number of aryl methyl sites for hydroxylation is 2. The van der Waals surface area contributed by atoms with Crippen molar-refractivity contribution < 1.29 is 0 Å². The van der Waals surface area contributed by atoms with Crippen LogP contribution < -0.4 is 0 Å². The van der Waals surface area contributed by atoms with Crippen molar-refractivity contribution in [1.82, 2.24) is 9.13 Å². The van der Waals surface area contributed by atoms with E-state index in [2.05, 4.69) is 190 Å². The quantitative estimate of drug-likeness (QED) is 0.0933. The van der Waals surface area contributed by atoms with E-state index in [1.54, 1.807) is 0 Å². The second-order valence-corrected chi connectivity index (χ2v) is 28.0. The maximum absolute atomic E-state index is 3.96. The summed E-state index contributed by atoms with van der Waals surface area (Å²) in [5.41, 5.74) is 16.3. The van der Waals surface area contributed by atoms with Gasteiger partial charge >= 0.3 is 0 Å². The Bertz CT molecular complexity index is 2180. The Balaban J connectivity index is 1.50. The highest BCUT2D eigenvalue weighted by atomic mass is 28.3. The molecule has 0 atom stereocenters. The number of fused-ring (bicyclic) bond motifs is 9. The number of benzene rings is 4. The Morgan fingerprint density at radius 3 is 0.880 bits per heavy atom. The molecule has 0 bridgehead atoms. The van der Waals surface area contributed by atoms with Gasteiger partial charge in [-0.1, -0.05) is 131 Å². The molecular formula is C46H58N2Si2. The van der Waals surface area contributed by atoms with Gasteiger partial charge in [-0.25, -0.2) is 0 Å². The molecule has 0 unspecified atom stereocenters. The molecule has 0 amide bonds. The fourth-order valence-corrected chi connectivity index (χ4v) is 20.5. The van der Waals surface area contributed by atoms with E-state index in [1.807, 2.05) is 0 Å². The largest absolute Gasteiger partial charge is 0.337 e. The highest BCUT2D eigenvalue weighted by molar-refractivity contribution is 6.91. The molecule has 6 rings (SSSR count). The summed E-state index contributed by atoms with van der Waals surface area (Å²) in [5, 5.41) is 10.4. The molecule has 0 aliphatic carbocycles. The first-order chi connectivity index (χ1) is 23.6. The zero-order chi connectivity index (χ0) is 36.4. The first-order valence-electron chi connectivity index (χ1n) is 19.0. The van der Waals surface area contributed by atoms with Crippen molar-refractivity contribution in [3.63, 3.8) is 0 Å². The maximum atomic E-state index is 3.96. The average Bonchev–Trinajstić information content (AvgIpc) is 3.55. The molecule has 2 heterocycles. The number of hydrogen-bond acceptors (Lipinski definition) is 0. The molecule has 0 radical (unpaired) electrons. The fourth-order valence-electron chi connectivity index (χ4n) is 10.1. The monoisotopic (exact) mass is 694 g/mol. The third-order valence-electron chi connectivity index (χ3n) is 12.8. The summed E-state index contributed by atoms with van der Waals surface area (Å²) >= 11 is 0. The van der Waals surface area contributed by atoms with Crippen molar-refractivity contribution in [3.05, 3.63) is 72.1 Å². The lowest BCUT2D eigenvalue weighted by Gasteiger charge is -2.38. The van der Waals surface area contributed by atoms with Crippen molar-refractivity contribution in [3.8, 4) is 22.9 Å². The molecule has 0 aliphatic rings. The van der Waals surface area contributed by atoms with E-state index >= 15 is 0 Å². The minimum absolute atomic E-state index is 0.615. The van der Waals surface area contributed by atoms with Gasteiger partial charge in [-0.05, 0) is 89.8 Å². The highest BCUT2D eigenvalue weighted by Gasteiger charge is 2.42. The molecule has 2 aromatic heterocycles. The summed E-state index contributed by atoms with van der Waals surface area (Å²) in [6, 6.07) is 23.3. The number of rotatable bonds is 6. The molecule has 0 aliphatic heterocycles. The van der Waals surface area contributed by atoms with Gasteiger partial charge in [-0.2, -0.15) is 0 Å². The van der Waals surface area contributed by atoms with Crippen LogP contribution in [0.1, 0.15) is 94.5 Å². The molecule has 0 N–H and O–H groups in total. The summed E-state index contributed by atoms with van der Waals surface area (Å²) < 4.78 is 4.60. The third kappa shape index (κ3) is 5.37. The molecule has 4 aromatic carbocycles. The van der Waals surface area contributed by atoms with Crippen molar-refractivity contribution >= 4 is 70.3 Å². The van der Waals surface area contributed by atoms with Gasteiger partial charge in [0, 0.05) is 35.9 Å². The van der Waals surface area contributed by atoms with Crippen LogP contribution in [0.3, 0.4) is 0 Å². The Morgan fingerprint density at radius 1 is 0.380 bits per heavy atom. The minimum Gasteiger partial charge on any atom is -0.337 e. The van der Waals surface area contributed by atoms with Gasteiger partial charge in [0.1, 0.15) is 16.1 Å². The van der Waals surface area contributed by atoms with E-state index in [-0.39, 0.29) is 0 Å². The summed E-state index contributed by atoms with van der Waals surface area (Å²) in [6.45, 7) is 28.7. The van der Waals surface area contributed by atoms with Gasteiger partial charge < -0.3 is 9.13 Å². The molecule has 2 nitrogen and oxygen atoms in total. The third-order valence-corrected chi connectivity index (χ3v) is 25.4. The van der Waals surface area contributed by atoms with Crippen LogP contribution >= 0.6 is 0 Å². The van der Waals surface area contributed by atoms with E-state index in [0.29, 0.717) is 33.2 Å². The Labute approximate surface area is 303 Å². The van der Waals surface area contributed by atoms with Crippen LogP contribution in [0.5, 0.6) is 0 Å². The Hall–Kier alpha value is -3.71. The Kier molecular flexibility index (Phi) is 9.47. The van der Waals surface area contributed by atoms with E-state index in [1.165, 1.54) is 54.1 Å². The lowest BCUT2D eigenvalue weighted by atomic mass is 9.94. The topological polar surface area (TPSA) is 9.86 Å². The molecule has 50 heavy (non-hydrogen) atoms. The smallest absolute Gasteiger partial charge is 0.146 e. The van der Waals surface area contributed by atoms with Crippen LogP contribution in [0.15, 0.2) is 60.7 Å². The summed E-state index contributed by atoms with van der Waals surface area (Å²) in [5.74, 6) is 7.47. The van der Waals surface area contributed by atoms with Crippen molar-refractivity contribution in [2.75, 3.05) is 0 Å². The first-order valence-corrected chi connectivity index (χ1v) is 23.5. The van der Waals surface area contributed by atoms with Crippen molar-refractivity contribution in [2.45, 2.75) is 116 Å². The molecule has 0 saturated carbocycles. The molecule has 4 heteroatoms. The van der Waals surface area contributed by atoms with Crippen LogP contribution in [0.4, 0.5) is 0 Å². The predicted molar refractivity (Wildman–Crippen MR) is 228 cm³/mol. The molecule has 0 fully saturated rings. The van der Waals surface area contributed by atoms with Crippen molar-refractivity contribution in [1.29, 1.82) is 0 Å². The van der Waals surface area contributed by atoms with Crippen LogP contribution in [-0.4, -0.2) is 25.3 Å². The summed E-state index contributed by atoms with van der Waals surface area (Å²) in [6.07, 6.45) is 0. The first kappa shape index (κ1) is 36.1. The van der Waals surface area contributed by atoms with Gasteiger partial charge in [0.2, 0.25) is 0 Å². The zero-order valence-corrected chi connectivity index (χ0v) is 35.1. The average molecular weight is 695 g/mol. The predicted octanol–water partition coefficient (Wildman–Crippen LogP) is 13.3. The minimum atomic E-state index is -1.83.